The van der Waals surface area contributed by atoms with Crippen LogP contribution >= 0.6 is 0 Å². The third-order valence-corrected chi connectivity index (χ3v) is 4.38. The second-order valence-corrected chi connectivity index (χ2v) is 7.58. The predicted molar refractivity (Wildman–Crippen MR) is 79.2 cm³/mol. The second-order valence-electron chi connectivity index (χ2n) is 5.44. The van der Waals surface area contributed by atoms with E-state index < -0.39 is 9.84 Å². The van der Waals surface area contributed by atoms with E-state index in [0.717, 1.165) is 23.4 Å². The number of anilines is 1. The fraction of sp³-hybridized carbons (Fsp3) is 0.538. The Bertz CT molecular complexity index is 756. The number of imidazole rings is 1. The minimum atomic E-state index is -3.12. The molecular formula is C13H18N4O3S. The molecule has 0 aromatic carbocycles. The Morgan fingerprint density at radius 3 is 3.00 bits per heavy atom. The Balaban J connectivity index is 2.07. The normalized spacial score (nSPS) is 20.1. The number of morpholine rings is 1. The van der Waals surface area contributed by atoms with E-state index in [1.165, 1.54) is 6.26 Å². The van der Waals surface area contributed by atoms with E-state index >= 15 is 0 Å². The summed E-state index contributed by atoms with van der Waals surface area (Å²) in [4.78, 5) is 6.19. The standard InChI is InChI=1S/C13H18N4O3S/c1-10-7-20-4-3-16(10)13-5-11(8-21(2,18)19)12-6-14-9-17(12)15-13/h5-6,9-10H,3-4,7-8H2,1-2H3. The molecule has 0 aliphatic carbocycles. The molecular weight excluding hydrogens is 292 g/mol. The molecule has 3 rings (SSSR count). The molecule has 1 fully saturated rings. The zero-order valence-corrected chi connectivity index (χ0v) is 12.9. The number of ether oxygens (including phenoxy) is 1. The average molecular weight is 310 g/mol. The molecule has 1 aliphatic heterocycles. The lowest BCUT2D eigenvalue weighted by Crippen LogP contribution is -2.44. The number of hydrogen-bond donors (Lipinski definition) is 0. The first-order valence-electron chi connectivity index (χ1n) is 6.78. The molecule has 21 heavy (non-hydrogen) atoms. The van der Waals surface area contributed by atoms with Gasteiger partial charge in [0.1, 0.15) is 12.1 Å². The van der Waals surface area contributed by atoms with Crippen molar-refractivity contribution in [2.24, 2.45) is 0 Å². The number of nitrogens with zero attached hydrogens (tertiary/aromatic N) is 4. The Morgan fingerprint density at radius 2 is 2.29 bits per heavy atom. The van der Waals surface area contributed by atoms with Gasteiger partial charge >= 0.3 is 0 Å². The molecule has 0 saturated carbocycles. The van der Waals surface area contributed by atoms with Crippen LogP contribution in [0.4, 0.5) is 5.82 Å². The van der Waals surface area contributed by atoms with Crippen LogP contribution in [0.3, 0.4) is 0 Å². The fourth-order valence-corrected chi connectivity index (χ4v) is 3.37. The van der Waals surface area contributed by atoms with Gasteiger partial charge in [-0.15, -0.1) is 5.10 Å². The molecule has 1 unspecified atom stereocenters. The van der Waals surface area contributed by atoms with Crippen LogP contribution in [0.15, 0.2) is 18.6 Å². The molecule has 0 spiro atoms. The molecule has 2 aromatic heterocycles. The molecule has 1 saturated heterocycles. The molecule has 0 amide bonds. The molecule has 1 atom stereocenters. The quantitative estimate of drug-likeness (QED) is 0.821. The van der Waals surface area contributed by atoms with Crippen molar-refractivity contribution in [3.63, 3.8) is 0 Å². The Morgan fingerprint density at radius 1 is 1.48 bits per heavy atom. The molecule has 1 aliphatic rings. The minimum absolute atomic E-state index is 0.0174. The maximum atomic E-state index is 11.6. The summed E-state index contributed by atoms with van der Waals surface area (Å²) in [7, 11) is -3.12. The van der Waals surface area contributed by atoms with Gasteiger partial charge in [0.2, 0.25) is 0 Å². The van der Waals surface area contributed by atoms with Gasteiger partial charge in [-0.05, 0) is 18.6 Å². The third kappa shape index (κ3) is 3.01. The number of aromatic nitrogens is 3. The van der Waals surface area contributed by atoms with Crippen LogP contribution < -0.4 is 4.90 Å². The molecule has 3 heterocycles. The Kier molecular flexibility index (Phi) is 3.58. The minimum Gasteiger partial charge on any atom is -0.377 e. The van der Waals surface area contributed by atoms with Gasteiger partial charge in [0.15, 0.2) is 9.84 Å². The van der Waals surface area contributed by atoms with E-state index in [1.54, 1.807) is 17.0 Å². The summed E-state index contributed by atoms with van der Waals surface area (Å²) in [5.41, 5.74) is 1.45. The van der Waals surface area contributed by atoms with Crippen molar-refractivity contribution in [1.29, 1.82) is 0 Å². The Labute approximate surface area is 123 Å². The van der Waals surface area contributed by atoms with Gasteiger partial charge in [-0.3, -0.25) is 0 Å². The summed E-state index contributed by atoms with van der Waals surface area (Å²) in [6.45, 7) is 4.10. The van der Waals surface area contributed by atoms with E-state index in [9.17, 15) is 8.42 Å². The number of hydrogen-bond acceptors (Lipinski definition) is 6. The van der Waals surface area contributed by atoms with Crippen LogP contribution in [-0.2, 0) is 20.3 Å². The first kappa shape index (κ1) is 14.3. The number of fused-ring (bicyclic) bond motifs is 1. The van der Waals surface area contributed by atoms with Gasteiger partial charge in [-0.1, -0.05) is 0 Å². The summed E-state index contributed by atoms with van der Waals surface area (Å²) < 4.78 is 30.3. The van der Waals surface area contributed by atoms with Crippen LogP contribution in [0.5, 0.6) is 0 Å². The van der Waals surface area contributed by atoms with Gasteiger partial charge in [-0.2, -0.15) is 0 Å². The largest absolute Gasteiger partial charge is 0.377 e. The number of sulfone groups is 1. The zero-order valence-electron chi connectivity index (χ0n) is 12.1. The van der Waals surface area contributed by atoms with E-state index in [1.807, 2.05) is 6.07 Å². The van der Waals surface area contributed by atoms with Gasteiger partial charge in [-0.25, -0.2) is 17.9 Å². The van der Waals surface area contributed by atoms with E-state index in [2.05, 4.69) is 21.9 Å². The summed E-state index contributed by atoms with van der Waals surface area (Å²) in [5.74, 6) is 0.742. The molecule has 0 radical (unpaired) electrons. The van der Waals surface area contributed by atoms with Crippen molar-refractivity contribution in [3.05, 3.63) is 24.2 Å². The van der Waals surface area contributed by atoms with E-state index in [-0.39, 0.29) is 11.8 Å². The first-order valence-corrected chi connectivity index (χ1v) is 8.84. The molecule has 114 valence electrons. The SMILES string of the molecule is CC1COCCN1c1cc(CS(C)(=O)=O)c2cncn2n1. The van der Waals surface area contributed by atoms with Crippen molar-refractivity contribution < 1.29 is 13.2 Å². The van der Waals surface area contributed by atoms with Gasteiger partial charge < -0.3 is 9.64 Å². The number of rotatable bonds is 3. The van der Waals surface area contributed by atoms with E-state index in [4.69, 9.17) is 4.74 Å². The Hall–Kier alpha value is -1.67. The summed E-state index contributed by atoms with van der Waals surface area (Å²) in [6.07, 6.45) is 4.47. The fourth-order valence-electron chi connectivity index (χ4n) is 2.57. The van der Waals surface area contributed by atoms with Crippen LogP contribution in [0.2, 0.25) is 0 Å². The lowest BCUT2D eigenvalue weighted by Gasteiger charge is -2.34. The average Bonchev–Trinajstić information content (AvgIpc) is 2.86. The molecule has 0 N–H and O–H groups in total. The summed E-state index contributed by atoms with van der Waals surface area (Å²) >= 11 is 0. The second kappa shape index (κ2) is 5.27. The highest BCUT2D eigenvalue weighted by molar-refractivity contribution is 7.89. The molecule has 8 heteroatoms. The highest BCUT2D eigenvalue weighted by atomic mass is 32.2. The highest BCUT2D eigenvalue weighted by Gasteiger charge is 2.22. The maximum Gasteiger partial charge on any atom is 0.151 e. The van der Waals surface area contributed by atoms with Gasteiger partial charge in [0, 0.05) is 12.8 Å². The highest BCUT2D eigenvalue weighted by Crippen LogP contribution is 2.22. The van der Waals surface area contributed by atoms with Crippen LogP contribution in [-0.4, -0.2) is 55.1 Å². The molecule has 2 aromatic rings. The van der Waals surface area contributed by atoms with E-state index in [0.29, 0.717) is 13.2 Å². The van der Waals surface area contributed by atoms with Crippen molar-refractivity contribution in [2.75, 3.05) is 30.9 Å². The van der Waals surface area contributed by atoms with Crippen molar-refractivity contribution in [2.45, 2.75) is 18.7 Å². The van der Waals surface area contributed by atoms with Gasteiger partial charge in [0.25, 0.3) is 0 Å². The first-order chi connectivity index (χ1) is 9.94. The maximum absolute atomic E-state index is 11.6. The zero-order chi connectivity index (χ0) is 15.0. The summed E-state index contributed by atoms with van der Waals surface area (Å²) in [6, 6.07) is 2.05. The molecule has 0 bridgehead atoms. The summed E-state index contributed by atoms with van der Waals surface area (Å²) in [5, 5.41) is 4.53. The van der Waals surface area contributed by atoms with Crippen LogP contribution in [0.1, 0.15) is 12.5 Å². The lowest BCUT2D eigenvalue weighted by atomic mass is 10.2. The monoisotopic (exact) mass is 310 g/mol. The predicted octanol–water partition coefficient (Wildman–Crippen LogP) is 0.499. The van der Waals surface area contributed by atoms with Crippen molar-refractivity contribution in [3.8, 4) is 0 Å². The van der Waals surface area contributed by atoms with Crippen LogP contribution in [0, 0.1) is 0 Å². The smallest absolute Gasteiger partial charge is 0.151 e. The van der Waals surface area contributed by atoms with Crippen molar-refractivity contribution >= 4 is 21.2 Å². The molecule has 7 nitrogen and oxygen atoms in total. The van der Waals surface area contributed by atoms with Gasteiger partial charge in [0.05, 0.1) is 36.7 Å². The third-order valence-electron chi connectivity index (χ3n) is 3.54. The van der Waals surface area contributed by atoms with Crippen molar-refractivity contribution in [1.82, 2.24) is 14.6 Å². The van der Waals surface area contributed by atoms with Crippen LogP contribution in [0.25, 0.3) is 5.52 Å². The lowest BCUT2D eigenvalue weighted by molar-refractivity contribution is 0.0984. The topological polar surface area (TPSA) is 76.8 Å².